The van der Waals surface area contributed by atoms with Crippen molar-refractivity contribution in [1.29, 1.82) is 0 Å². The van der Waals surface area contributed by atoms with E-state index in [0.717, 1.165) is 22.0 Å². The van der Waals surface area contributed by atoms with Crippen molar-refractivity contribution in [2.75, 3.05) is 13.7 Å². The number of nitrogens with zero attached hydrogens (tertiary/aromatic N) is 1. The highest BCUT2D eigenvalue weighted by atomic mass is 79.9. The fourth-order valence-electron chi connectivity index (χ4n) is 2.76. The number of benzene rings is 2. The summed E-state index contributed by atoms with van der Waals surface area (Å²) in [5.74, 6) is 1.18. The van der Waals surface area contributed by atoms with E-state index in [0.29, 0.717) is 33.9 Å². The van der Waals surface area contributed by atoms with E-state index in [-0.39, 0.29) is 5.91 Å². The number of rotatable bonds is 7. The number of carbonyl (C=O) groups excluding carboxylic acids is 1. The standard InChI is InChI=1S/C21H20BrNO3S2/c1-3-9-23-20(24)18(28-21(23)27)12-15-10-16(22)19(17(11-15)25-2)26-13-14-7-5-4-6-8-14/h4-8,10-12H,3,9,13H2,1-2H3/b18-12-. The number of thioether (sulfide) groups is 1. The van der Waals surface area contributed by atoms with Crippen LogP contribution in [0.3, 0.4) is 0 Å². The van der Waals surface area contributed by atoms with Crippen LogP contribution in [-0.4, -0.2) is 28.8 Å². The molecule has 2 aromatic rings. The van der Waals surface area contributed by atoms with Crippen LogP contribution in [0.25, 0.3) is 6.08 Å². The minimum atomic E-state index is -0.0451. The molecule has 0 saturated carbocycles. The van der Waals surface area contributed by atoms with Crippen molar-refractivity contribution in [2.45, 2.75) is 20.0 Å². The molecule has 1 aliphatic heterocycles. The normalized spacial score (nSPS) is 15.4. The Morgan fingerprint density at radius 2 is 2.00 bits per heavy atom. The molecule has 7 heteroatoms. The van der Waals surface area contributed by atoms with Crippen molar-refractivity contribution in [3.05, 3.63) is 63.0 Å². The number of methoxy groups -OCH3 is 1. The monoisotopic (exact) mass is 477 g/mol. The van der Waals surface area contributed by atoms with Crippen LogP contribution in [0.2, 0.25) is 0 Å². The van der Waals surface area contributed by atoms with Crippen molar-refractivity contribution in [1.82, 2.24) is 4.90 Å². The Bertz CT molecular complexity index is 915. The van der Waals surface area contributed by atoms with E-state index in [1.807, 2.05) is 55.5 Å². The van der Waals surface area contributed by atoms with Gasteiger partial charge in [0, 0.05) is 6.54 Å². The summed E-state index contributed by atoms with van der Waals surface area (Å²) in [7, 11) is 1.60. The van der Waals surface area contributed by atoms with Gasteiger partial charge in [-0.3, -0.25) is 9.69 Å². The van der Waals surface area contributed by atoms with Crippen LogP contribution in [0, 0.1) is 0 Å². The maximum absolute atomic E-state index is 12.6. The summed E-state index contributed by atoms with van der Waals surface area (Å²) in [5, 5.41) is 0. The van der Waals surface area contributed by atoms with E-state index in [1.165, 1.54) is 11.8 Å². The van der Waals surface area contributed by atoms with Gasteiger partial charge in [0.25, 0.3) is 5.91 Å². The van der Waals surface area contributed by atoms with Gasteiger partial charge in [-0.1, -0.05) is 61.2 Å². The van der Waals surface area contributed by atoms with Crippen LogP contribution in [0.1, 0.15) is 24.5 Å². The van der Waals surface area contributed by atoms with Crippen LogP contribution >= 0.6 is 39.9 Å². The Kier molecular flexibility index (Phi) is 7.15. The quantitative estimate of drug-likeness (QED) is 0.380. The molecule has 0 atom stereocenters. The Hall–Kier alpha value is -1.83. The number of hydrogen-bond donors (Lipinski definition) is 0. The predicted octanol–water partition coefficient (Wildman–Crippen LogP) is 5.65. The Morgan fingerprint density at radius 1 is 1.25 bits per heavy atom. The summed E-state index contributed by atoms with van der Waals surface area (Å²) in [6, 6.07) is 13.7. The largest absolute Gasteiger partial charge is 0.493 e. The topological polar surface area (TPSA) is 38.8 Å². The number of carbonyl (C=O) groups is 1. The molecule has 1 heterocycles. The van der Waals surface area contributed by atoms with Gasteiger partial charge in [-0.05, 0) is 51.7 Å². The minimum Gasteiger partial charge on any atom is -0.493 e. The number of hydrogen-bond acceptors (Lipinski definition) is 5. The molecule has 1 saturated heterocycles. The first kappa shape index (κ1) is 20.9. The molecular weight excluding hydrogens is 458 g/mol. The maximum atomic E-state index is 12.6. The summed E-state index contributed by atoms with van der Waals surface area (Å²) < 4.78 is 12.8. The summed E-state index contributed by atoms with van der Waals surface area (Å²) in [6.45, 7) is 3.10. The predicted molar refractivity (Wildman–Crippen MR) is 122 cm³/mol. The third kappa shape index (κ3) is 4.77. The Balaban J connectivity index is 1.83. The zero-order valence-electron chi connectivity index (χ0n) is 15.6. The molecule has 1 aliphatic rings. The van der Waals surface area contributed by atoms with Gasteiger partial charge >= 0.3 is 0 Å². The number of amides is 1. The van der Waals surface area contributed by atoms with Gasteiger partial charge in [-0.25, -0.2) is 0 Å². The second-order valence-electron chi connectivity index (χ2n) is 6.14. The van der Waals surface area contributed by atoms with Crippen molar-refractivity contribution in [3.8, 4) is 11.5 Å². The van der Waals surface area contributed by atoms with Gasteiger partial charge in [0.2, 0.25) is 0 Å². The summed E-state index contributed by atoms with van der Waals surface area (Å²) in [6.07, 6.45) is 2.70. The van der Waals surface area contributed by atoms with Crippen LogP contribution in [0.5, 0.6) is 11.5 Å². The zero-order valence-corrected chi connectivity index (χ0v) is 18.8. The molecule has 28 heavy (non-hydrogen) atoms. The summed E-state index contributed by atoms with van der Waals surface area (Å²) in [4.78, 5) is 14.8. The fraction of sp³-hybridized carbons (Fsp3) is 0.238. The van der Waals surface area contributed by atoms with Crippen molar-refractivity contribution >= 4 is 56.2 Å². The molecule has 4 nitrogen and oxygen atoms in total. The third-order valence-electron chi connectivity index (χ3n) is 4.10. The SMILES string of the molecule is CCCN1C(=O)/C(=C/c2cc(Br)c(OCc3ccccc3)c(OC)c2)SC1=S. The highest BCUT2D eigenvalue weighted by molar-refractivity contribution is 9.10. The van der Waals surface area contributed by atoms with Crippen LogP contribution in [-0.2, 0) is 11.4 Å². The molecule has 1 amide bonds. The van der Waals surface area contributed by atoms with Gasteiger partial charge in [0.05, 0.1) is 16.5 Å². The van der Waals surface area contributed by atoms with Crippen molar-refractivity contribution in [2.24, 2.45) is 0 Å². The Labute approximate surface area is 183 Å². The molecule has 0 aromatic heterocycles. The molecule has 1 fully saturated rings. The first-order chi connectivity index (χ1) is 13.5. The van der Waals surface area contributed by atoms with E-state index < -0.39 is 0 Å². The maximum Gasteiger partial charge on any atom is 0.266 e. The first-order valence-corrected chi connectivity index (χ1v) is 10.8. The smallest absolute Gasteiger partial charge is 0.266 e. The first-order valence-electron chi connectivity index (χ1n) is 8.83. The van der Waals surface area contributed by atoms with Crippen LogP contribution < -0.4 is 9.47 Å². The lowest BCUT2D eigenvalue weighted by Crippen LogP contribution is -2.28. The highest BCUT2D eigenvalue weighted by Gasteiger charge is 2.31. The molecule has 0 aliphatic carbocycles. The second-order valence-corrected chi connectivity index (χ2v) is 8.67. The number of ether oxygens (including phenoxy) is 2. The summed E-state index contributed by atoms with van der Waals surface area (Å²) in [5.41, 5.74) is 1.91. The lowest BCUT2D eigenvalue weighted by atomic mass is 10.1. The Morgan fingerprint density at radius 3 is 2.68 bits per heavy atom. The average Bonchev–Trinajstić information content (AvgIpc) is 2.95. The van der Waals surface area contributed by atoms with E-state index in [4.69, 9.17) is 21.7 Å². The average molecular weight is 478 g/mol. The van der Waals surface area contributed by atoms with E-state index >= 15 is 0 Å². The number of thiocarbonyl (C=S) groups is 1. The third-order valence-corrected chi connectivity index (χ3v) is 6.06. The molecule has 2 aromatic carbocycles. The summed E-state index contributed by atoms with van der Waals surface area (Å²) >= 11 is 10.2. The molecule has 3 rings (SSSR count). The lowest BCUT2D eigenvalue weighted by molar-refractivity contribution is -0.122. The van der Waals surface area contributed by atoms with Gasteiger partial charge < -0.3 is 9.47 Å². The molecule has 0 spiro atoms. The molecule has 0 N–H and O–H groups in total. The van der Waals surface area contributed by atoms with E-state index in [1.54, 1.807) is 12.0 Å². The van der Waals surface area contributed by atoms with E-state index in [2.05, 4.69) is 15.9 Å². The molecule has 0 unspecified atom stereocenters. The zero-order chi connectivity index (χ0) is 20.1. The highest BCUT2D eigenvalue weighted by Crippen LogP contribution is 2.39. The van der Waals surface area contributed by atoms with Gasteiger partial charge in [0.15, 0.2) is 11.5 Å². The number of halogens is 1. The minimum absolute atomic E-state index is 0.0451. The molecule has 146 valence electrons. The fourth-order valence-corrected chi connectivity index (χ4v) is 4.64. The molecule has 0 bridgehead atoms. The van der Waals surface area contributed by atoms with Crippen LogP contribution in [0.15, 0.2) is 51.8 Å². The lowest BCUT2D eigenvalue weighted by Gasteiger charge is -2.14. The van der Waals surface area contributed by atoms with Crippen LogP contribution in [0.4, 0.5) is 0 Å². The van der Waals surface area contributed by atoms with Crippen molar-refractivity contribution in [3.63, 3.8) is 0 Å². The van der Waals surface area contributed by atoms with Crippen molar-refractivity contribution < 1.29 is 14.3 Å². The van der Waals surface area contributed by atoms with Gasteiger partial charge in [0.1, 0.15) is 10.9 Å². The second kappa shape index (κ2) is 9.58. The molecule has 0 radical (unpaired) electrons. The van der Waals surface area contributed by atoms with Gasteiger partial charge in [-0.15, -0.1) is 0 Å². The van der Waals surface area contributed by atoms with Gasteiger partial charge in [-0.2, -0.15) is 0 Å². The molecular formula is C21H20BrNO3S2. The van der Waals surface area contributed by atoms with E-state index in [9.17, 15) is 4.79 Å².